The van der Waals surface area contributed by atoms with Gasteiger partial charge in [-0.1, -0.05) is 49.4 Å². The van der Waals surface area contributed by atoms with Crippen LogP contribution in [0.3, 0.4) is 0 Å². The van der Waals surface area contributed by atoms with E-state index in [4.69, 9.17) is 13.3 Å². The Kier molecular flexibility index (Phi) is 9.62. The first-order chi connectivity index (χ1) is 8.26. The number of benzene rings is 1. The second kappa shape index (κ2) is 9.71. The molecular weight excluding hydrogens is 257 g/mol. The summed E-state index contributed by atoms with van der Waals surface area (Å²) in [5.74, 6) is 0. The first kappa shape index (κ1) is 17.8. The van der Waals surface area contributed by atoms with Gasteiger partial charge in [-0.15, -0.1) is 0 Å². The van der Waals surface area contributed by atoms with Gasteiger partial charge in [0.15, 0.2) is 0 Å². The quantitative estimate of drug-likeness (QED) is 0.718. The van der Waals surface area contributed by atoms with Crippen molar-refractivity contribution in [3.8, 4) is 0 Å². The van der Waals surface area contributed by atoms with Crippen LogP contribution < -0.4 is 0 Å². The molecule has 98 valence electrons. The Morgan fingerprint density at radius 2 is 1.78 bits per heavy atom. The van der Waals surface area contributed by atoms with Crippen LogP contribution in [-0.4, -0.2) is 52.7 Å². The molecule has 0 aliphatic rings. The third-order valence-electron chi connectivity index (χ3n) is 2.56. The van der Waals surface area contributed by atoms with Gasteiger partial charge in [-0.3, -0.25) is 0 Å². The summed E-state index contributed by atoms with van der Waals surface area (Å²) in [5.41, 5.74) is 1.16. The Morgan fingerprint density at radius 3 is 2.28 bits per heavy atom. The van der Waals surface area contributed by atoms with Crippen molar-refractivity contribution >= 4 is 37.9 Å². The van der Waals surface area contributed by atoms with Crippen LogP contribution in [0.4, 0.5) is 0 Å². The van der Waals surface area contributed by atoms with Crippen molar-refractivity contribution < 1.29 is 16.1 Å². The summed E-state index contributed by atoms with van der Waals surface area (Å²) in [6.07, 6.45) is 4.00. The first-order valence-corrected chi connectivity index (χ1v) is 7.65. The van der Waals surface area contributed by atoms with Gasteiger partial charge in [0, 0.05) is 20.3 Å². The van der Waals surface area contributed by atoms with E-state index in [0.29, 0.717) is 6.61 Å². The Hall–Kier alpha value is -0.177. The van der Waals surface area contributed by atoms with Crippen molar-refractivity contribution in [1.29, 1.82) is 0 Å². The van der Waals surface area contributed by atoms with Gasteiger partial charge in [0.1, 0.15) is 0 Å². The largest absolute Gasteiger partial charge is 2.00 e. The number of rotatable bonds is 7. The van der Waals surface area contributed by atoms with Crippen LogP contribution >= 0.6 is 0 Å². The van der Waals surface area contributed by atoms with Crippen molar-refractivity contribution in [2.75, 3.05) is 20.8 Å². The molecule has 0 saturated carbocycles. The van der Waals surface area contributed by atoms with Crippen molar-refractivity contribution in [3.05, 3.63) is 42.0 Å². The molecule has 0 aliphatic carbocycles. The fraction of sp³-hybridized carbons (Fsp3) is 0.385. The monoisotopic (exact) mass is 278 g/mol. The molecule has 0 N–H and O–H groups in total. The molecule has 0 radical (unpaired) electrons. The smallest absolute Gasteiger partial charge is 1.00 e. The predicted molar refractivity (Wildman–Crippen MR) is 79.7 cm³/mol. The Morgan fingerprint density at radius 1 is 1.17 bits per heavy atom. The summed E-state index contributed by atoms with van der Waals surface area (Å²) < 4.78 is 16.4. The molecule has 1 aromatic carbocycles. The second-order valence-electron chi connectivity index (χ2n) is 3.57. The minimum absolute atomic E-state index is 0. The van der Waals surface area contributed by atoms with Gasteiger partial charge >= 0.3 is 31.9 Å². The second-order valence-corrected chi connectivity index (χ2v) is 6.75. The third-order valence-corrected chi connectivity index (χ3v) is 5.28. The van der Waals surface area contributed by atoms with E-state index in [9.17, 15) is 0 Å². The normalized spacial score (nSPS) is 11.5. The van der Waals surface area contributed by atoms with Crippen molar-refractivity contribution in [2.24, 2.45) is 0 Å². The van der Waals surface area contributed by atoms with E-state index < -0.39 is 8.80 Å². The van der Waals surface area contributed by atoms with Crippen LogP contribution in [0.1, 0.15) is 15.3 Å². The molecule has 0 aromatic heterocycles. The Bertz CT molecular complexity index is 340. The van der Waals surface area contributed by atoms with Gasteiger partial charge in [-0.05, 0) is 5.56 Å². The van der Waals surface area contributed by atoms with Crippen LogP contribution in [0.25, 0.3) is 6.08 Å². The SMILES string of the molecule is CC[Si](OC)(OC)OCC=Cc1ccccc1.[H-].[H-].[Mg+2]. The zero-order valence-corrected chi connectivity index (χ0v) is 13.8. The average molecular weight is 279 g/mol. The van der Waals surface area contributed by atoms with Gasteiger partial charge in [0.25, 0.3) is 0 Å². The van der Waals surface area contributed by atoms with Crippen LogP contribution in [0.15, 0.2) is 36.4 Å². The summed E-state index contributed by atoms with van der Waals surface area (Å²) in [5, 5.41) is 0. The van der Waals surface area contributed by atoms with Crippen LogP contribution in [0.2, 0.25) is 6.04 Å². The van der Waals surface area contributed by atoms with Gasteiger partial charge in [0.2, 0.25) is 0 Å². The molecule has 0 atom stereocenters. The molecule has 0 unspecified atom stereocenters. The zero-order chi connectivity index (χ0) is 12.6. The van der Waals surface area contributed by atoms with Crippen LogP contribution in [-0.2, 0) is 13.3 Å². The molecule has 0 spiro atoms. The molecule has 0 saturated heterocycles. The van der Waals surface area contributed by atoms with Gasteiger partial charge in [0.05, 0.1) is 6.61 Å². The van der Waals surface area contributed by atoms with Gasteiger partial charge in [-0.2, -0.15) is 0 Å². The van der Waals surface area contributed by atoms with Crippen LogP contribution in [0, 0.1) is 0 Å². The summed E-state index contributed by atoms with van der Waals surface area (Å²) in [4.78, 5) is 0. The summed E-state index contributed by atoms with van der Waals surface area (Å²) in [6.45, 7) is 2.52. The van der Waals surface area contributed by atoms with Crippen molar-refractivity contribution in [2.45, 2.75) is 13.0 Å². The maximum Gasteiger partial charge on any atom is 2.00 e. The van der Waals surface area contributed by atoms with E-state index in [1.807, 2.05) is 49.4 Å². The molecular formula is C13H22MgO3Si. The van der Waals surface area contributed by atoms with E-state index in [-0.39, 0.29) is 25.9 Å². The molecule has 5 heteroatoms. The predicted octanol–water partition coefficient (Wildman–Crippen LogP) is 2.81. The average Bonchev–Trinajstić information content (AvgIpc) is 2.41. The number of hydrogen-bond donors (Lipinski definition) is 0. The number of hydrogen-bond acceptors (Lipinski definition) is 3. The fourth-order valence-electron chi connectivity index (χ4n) is 1.52. The van der Waals surface area contributed by atoms with E-state index in [1.165, 1.54) is 0 Å². The Balaban J connectivity index is -0.000000963. The van der Waals surface area contributed by atoms with E-state index in [2.05, 4.69) is 0 Å². The summed E-state index contributed by atoms with van der Waals surface area (Å²) in [6, 6.07) is 10.9. The third kappa shape index (κ3) is 5.64. The van der Waals surface area contributed by atoms with Crippen molar-refractivity contribution in [1.82, 2.24) is 0 Å². The molecule has 1 aromatic rings. The maximum atomic E-state index is 5.71. The maximum absolute atomic E-state index is 5.71. The Labute approximate surface area is 130 Å². The fourth-order valence-corrected chi connectivity index (χ4v) is 3.05. The van der Waals surface area contributed by atoms with Crippen LogP contribution in [0.5, 0.6) is 0 Å². The standard InChI is InChI=1S/C13H20O3Si.Mg.2H/c1-4-17(14-2,15-3)16-12-8-11-13-9-6-5-7-10-13;;;/h5-11H,4,12H2,1-3H3;;;/q;+2;2*-1. The minimum atomic E-state index is -2.41. The van der Waals surface area contributed by atoms with E-state index in [0.717, 1.165) is 11.6 Å². The zero-order valence-electron chi connectivity index (χ0n) is 13.4. The molecule has 0 aliphatic heterocycles. The van der Waals surface area contributed by atoms with Crippen molar-refractivity contribution in [3.63, 3.8) is 0 Å². The molecule has 0 bridgehead atoms. The minimum Gasteiger partial charge on any atom is -1.00 e. The molecule has 0 fully saturated rings. The summed E-state index contributed by atoms with van der Waals surface area (Å²) >= 11 is 0. The molecule has 0 amide bonds. The first-order valence-electron chi connectivity index (χ1n) is 5.72. The molecule has 1 rings (SSSR count). The molecule has 0 heterocycles. The molecule has 3 nitrogen and oxygen atoms in total. The van der Waals surface area contributed by atoms with Gasteiger partial charge < -0.3 is 16.1 Å². The molecule has 18 heavy (non-hydrogen) atoms. The summed E-state index contributed by atoms with van der Waals surface area (Å²) in [7, 11) is 0.871. The van der Waals surface area contributed by atoms with Gasteiger partial charge in [-0.25, -0.2) is 0 Å². The topological polar surface area (TPSA) is 27.7 Å². The van der Waals surface area contributed by atoms with E-state index >= 15 is 0 Å². The van der Waals surface area contributed by atoms with E-state index in [1.54, 1.807) is 14.2 Å².